The molecule has 0 spiro atoms. The minimum atomic E-state index is -3.79. The molecule has 1 aromatic carbocycles. The summed E-state index contributed by atoms with van der Waals surface area (Å²) in [5.74, 6) is -1.45. The van der Waals surface area contributed by atoms with Gasteiger partial charge in [0.15, 0.2) is 0 Å². The van der Waals surface area contributed by atoms with Gasteiger partial charge in [0.1, 0.15) is 5.82 Å². The summed E-state index contributed by atoms with van der Waals surface area (Å²) >= 11 is 0. The Hall–Kier alpha value is -1.77. The number of carboxylic acids is 1. The highest BCUT2D eigenvalue weighted by Crippen LogP contribution is 2.30. The van der Waals surface area contributed by atoms with E-state index in [1.54, 1.807) is 0 Å². The maximum absolute atomic E-state index is 12.8. The number of benzene rings is 1. The lowest BCUT2D eigenvalue weighted by atomic mass is 9.80. The average molecular weight is 343 g/mol. The first-order valence-corrected chi connectivity index (χ1v) is 8.62. The van der Waals surface area contributed by atoms with E-state index < -0.39 is 27.2 Å². The monoisotopic (exact) mass is 343 g/mol. The van der Waals surface area contributed by atoms with Gasteiger partial charge >= 0.3 is 5.97 Å². The van der Waals surface area contributed by atoms with Gasteiger partial charge in [0.05, 0.1) is 5.41 Å². The average Bonchev–Trinajstić information content (AvgIpc) is 2.53. The zero-order valence-electron chi connectivity index (χ0n) is 12.4. The predicted octanol–water partition coefficient (Wildman–Crippen LogP) is 1.60. The third-order valence-corrected chi connectivity index (χ3v) is 4.87. The van der Waals surface area contributed by atoms with Crippen molar-refractivity contribution in [2.75, 3.05) is 19.8 Å². The van der Waals surface area contributed by atoms with Crippen molar-refractivity contribution in [3.63, 3.8) is 0 Å². The van der Waals surface area contributed by atoms with Gasteiger partial charge in [-0.25, -0.2) is 17.5 Å². The van der Waals surface area contributed by atoms with Crippen LogP contribution in [0.3, 0.4) is 0 Å². The molecule has 0 radical (unpaired) electrons. The Morgan fingerprint density at radius 1 is 1.30 bits per heavy atom. The number of rotatable bonds is 6. The van der Waals surface area contributed by atoms with Crippen LogP contribution in [0, 0.1) is 11.2 Å². The zero-order chi connectivity index (χ0) is 16.9. The Morgan fingerprint density at radius 3 is 2.48 bits per heavy atom. The van der Waals surface area contributed by atoms with Gasteiger partial charge in [-0.15, -0.1) is 0 Å². The normalized spacial score (nSPS) is 18.1. The molecule has 23 heavy (non-hydrogen) atoms. The first kappa shape index (κ1) is 17.6. The summed E-state index contributed by atoms with van der Waals surface area (Å²) in [5, 5.41) is 10.3. The van der Waals surface area contributed by atoms with Crippen LogP contribution in [0.2, 0.25) is 0 Å². The van der Waals surface area contributed by atoms with Crippen LogP contribution in [-0.4, -0.2) is 39.3 Å². The Labute approximate surface area is 134 Å². The SMILES string of the molecule is O=C(O)C1(CNS(=O)(=O)C=Cc2ccc(F)cc2)CCOCC1. The van der Waals surface area contributed by atoms with E-state index in [0.29, 0.717) is 18.8 Å². The molecule has 1 fully saturated rings. The second-order valence-electron chi connectivity index (χ2n) is 5.42. The van der Waals surface area contributed by atoms with Crippen LogP contribution in [0.1, 0.15) is 18.4 Å². The number of halogens is 1. The highest BCUT2D eigenvalue weighted by atomic mass is 32.2. The van der Waals surface area contributed by atoms with Crippen LogP contribution in [0.4, 0.5) is 4.39 Å². The molecular weight excluding hydrogens is 325 g/mol. The van der Waals surface area contributed by atoms with Gasteiger partial charge in [-0.3, -0.25) is 4.79 Å². The summed E-state index contributed by atoms with van der Waals surface area (Å²) in [7, 11) is -3.79. The number of carboxylic acid groups (broad SMARTS) is 1. The fourth-order valence-corrected chi connectivity index (χ4v) is 3.17. The number of carbonyl (C=O) groups is 1. The van der Waals surface area contributed by atoms with Gasteiger partial charge < -0.3 is 9.84 Å². The molecule has 2 N–H and O–H groups in total. The van der Waals surface area contributed by atoms with Gasteiger partial charge in [0, 0.05) is 25.2 Å². The molecule has 0 unspecified atom stereocenters. The van der Waals surface area contributed by atoms with Gasteiger partial charge in [-0.1, -0.05) is 12.1 Å². The number of hydrogen-bond donors (Lipinski definition) is 2. The second kappa shape index (κ2) is 7.20. The van der Waals surface area contributed by atoms with E-state index in [9.17, 15) is 22.7 Å². The van der Waals surface area contributed by atoms with Crippen molar-refractivity contribution in [3.05, 3.63) is 41.1 Å². The molecule has 6 nitrogen and oxygen atoms in total. The molecule has 2 rings (SSSR count). The maximum Gasteiger partial charge on any atom is 0.311 e. The van der Waals surface area contributed by atoms with Crippen LogP contribution in [0.15, 0.2) is 29.7 Å². The molecule has 1 aliphatic heterocycles. The molecule has 0 aliphatic carbocycles. The lowest BCUT2D eigenvalue weighted by Gasteiger charge is -2.32. The van der Waals surface area contributed by atoms with Crippen molar-refractivity contribution in [1.82, 2.24) is 4.72 Å². The molecule has 1 aliphatic rings. The van der Waals surface area contributed by atoms with Crippen LogP contribution in [0.5, 0.6) is 0 Å². The van der Waals surface area contributed by atoms with Crippen molar-refractivity contribution in [2.24, 2.45) is 5.41 Å². The molecular formula is C15H18FNO5S. The fraction of sp³-hybridized carbons (Fsp3) is 0.400. The molecule has 0 bridgehead atoms. The number of hydrogen-bond acceptors (Lipinski definition) is 4. The number of nitrogens with one attached hydrogen (secondary N) is 1. The topological polar surface area (TPSA) is 92.7 Å². The van der Waals surface area contributed by atoms with Crippen molar-refractivity contribution < 1.29 is 27.4 Å². The Morgan fingerprint density at radius 2 is 1.91 bits per heavy atom. The van der Waals surface area contributed by atoms with Crippen LogP contribution >= 0.6 is 0 Å². The summed E-state index contributed by atoms with van der Waals surface area (Å²) < 4.78 is 44.2. The summed E-state index contributed by atoms with van der Waals surface area (Å²) in [6.07, 6.45) is 1.83. The Bertz CT molecular complexity index is 678. The number of aliphatic carboxylic acids is 1. The van der Waals surface area contributed by atoms with E-state index >= 15 is 0 Å². The minimum Gasteiger partial charge on any atom is -0.481 e. The third kappa shape index (κ3) is 4.85. The standard InChI is InChI=1S/C15H18FNO5S/c16-13-3-1-12(2-4-13)5-10-23(20,21)17-11-15(14(18)19)6-8-22-9-7-15/h1-5,10,17H,6-9,11H2,(H,18,19). The van der Waals surface area contributed by atoms with E-state index in [-0.39, 0.29) is 19.4 Å². The largest absolute Gasteiger partial charge is 0.481 e. The van der Waals surface area contributed by atoms with E-state index in [4.69, 9.17) is 4.74 Å². The van der Waals surface area contributed by atoms with Crippen LogP contribution in [0.25, 0.3) is 6.08 Å². The zero-order valence-corrected chi connectivity index (χ0v) is 13.2. The number of sulfonamides is 1. The van der Waals surface area contributed by atoms with Crippen molar-refractivity contribution in [2.45, 2.75) is 12.8 Å². The summed E-state index contributed by atoms with van der Waals surface area (Å²) in [6.45, 7) is 0.390. The first-order chi connectivity index (χ1) is 10.8. The fourth-order valence-electron chi connectivity index (χ4n) is 2.26. The summed E-state index contributed by atoms with van der Waals surface area (Å²) in [6, 6.07) is 5.33. The van der Waals surface area contributed by atoms with E-state index in [0.717, 1.165) is 5.41 Å². The van der Waals surface area contributed by atoms with E-state index in [2.05, 4.69) is 4.72 Å². The summed E-state index contributed by atoms with van der Waals surface area (Å²) in [4.78, 5) is 11.5. The first-order valence-electron chi connectivity index (χ1n) is 7.07. The van der Waals surface area contributed by atoms with Crippen molar-refractivity contribution in [1.29, 1.82) is 0 Å². The van der Waals surface area contributed by atoms with Crippen molar-refractivity contribution in [3.8, 4) is 0 Å². The van der Waals surface area contributed by atoms with Crippen molar-refractivity contribution >= 4 is 22.1 Å². The number of ether oxygens (including phenoxy) is 1. The molecule has 0 saturated carbocycles. The highest BCUT2D eigenvalue weighted by molar-refractivity contribution is 7.92. The molecule has 0 amide bonds. The van der Waals surface area contributed by atoms with E-state index in [1.165, 1.54) is 30.3 Å². The quantitative estimate of drug-likeness (QED) is 0.818. The van der Waals surface area contributed by atoms with Crippen LogP contribution < -0.4 is 4.72 Å². The van der Waals surface area contributed by atoms with Gasteiger partial charge in [0.2, 0.25) is 10.0 Å². The third-order valence-electron chi connectivity index (χ3n) is 3.82. The molecule has 1 heterocycles. The molecule has 1 aromatic rings. The molecule has 1 saturated heterocycles. The molecule has 0 aromatic heterocycles. The lowest BCUT2D eigenvalue weighted by molar-refractivity contribution is -0.154. The maximum atomic E-state index is 12.8. The minimum absolute atomic E-state index is 0.193. The Balaban J connectivity index is 2.02. The van der Waals surface area contributed by atoms with Crippen LogP contribution in [-0.2, 0) is 19.6 Å². The molecule has 126 valence electrons. The summed E-state index contributed by atoms with van der Waals surface area (Å²) in [5.41, 5.74) is -0.620. The second-order valence-corrected chi connectivity index (χ2v) is 7.07. The predicted molar refractivity (Wildman–Crippen MR) is 82.5 cm³/mol. The lowest BCUT2D eigenvalue weighted by Crippen LogP contribution is -2.46. The smallest absolute Gasteiger partial charge is 0.311 e. The van der Waals surface area contributed by atoms with E-state index in [1.807, 2.05) is 0 Å². The molecule has 8 heteroatoms. The van der Waals surface area contributed by atoms with Gasteiger partial charge in [-0.05, 0) is 36.6 Å². The van der Waals surface area contributed by atoms with Gasteiger partial charge in [-0.2, -0.15) is 0 Å². The van der Waals surface area contributed by atoms with Gasteiger partial charge in [0.25, 0.3) is 0 Å². The molecule has 0 atom stereocenters. The highest BCUT2D eigenvalue weighted by Gasteiger charge is 2.40. The Kier molecular flexibility index (Phi) is 5.51.